The molecule has 2 aromatic rings. The Morgan fingerprint density at radius 1 is 1.32 bits per heavy atom. The van der Waals surface area contributed by atoms with E-state index in [-0.39, 0.29) is 11.5 Å². The monoisotopic (exact) mass is 259 g/mol. The van der Waals surface area contributed by atoms with Gasteiger partial charge in [0.2, 0.25) is 0 Å². The van der Waals surface area contributed by atoms with Crippen molar-refractivity contribution in [3.05, 3.63) is 35.5 Å². The summed E-state index contributed by atoms with van der Waals surface area (Å²) >= 11 is 0. The Hall–Kier alpha value is -2.30. The highest BCUT2D eigenvalue weighted by molar-refractivity contribution is 5.93. The molecule has 5 nitrogen and oxygen atoms in total. The van der Waals surface area contributed by atoms with Crippen LogP contribution in [-0.2, 0) is 11.2 Å². The molecule has 0 bridgehead atoms. The molecule has 0 unspecified atom stereocenters. The summed E-state index contributed by atoms with van der Waals surface area (Å²) in [4.78, 5) is 18.7. The molecular formula is C14H17N3O2. The molecule has 0 fully saturated rings. The largest absolute Gasteiger partial charge is 0.461 e. The summed E-state index contributed by atoms with van der Waals surface area (Å²) in [5.41, 5.74) is 8.06. The predicted molar refractivity (Wildman–Crippen MR) is 73.8 cm³/mol. The molecule has 0 aliphatic carbocycles. The van der Waals surface area contributed by atoms with E-state index < -0.39 is 5.97 Å². The molecule has 0 amide bonds. The topological polar surface area (TPSA) is 81.0 Å². The first kappa shape index (κ1) is 13.1. The SMILES string of the molecule is CCOC(=O)c1[nH]c(-c2ccc(CC)cc2)nc1N. The lowest BCUT2D eigenvalue weighted by atomic mass is 10.1. The van der Waals surface area contributed by atoms with Crippen LogP contribution in [-0.4, -0.2) is 22.5 Å². The summed E-state index contributed by atoms with van der Waals surface area (Å²) in [6.45, 7) is 4.14. The Kier molecular flexibility index (Phi) is 3.85. The molecule has 0 radical (unpaired) electrons. The molecule has 100 valence electrons. The number of carbonyl (C=O) groups excluding carboxylic acids is 1. The van der Waals surface area contributed by atoms with E-state index in [2.05, 4.69) is 16.9 Å². The van der Waals surface area contributed by atoms with Gasteiger partial charge in [-0.3, -0.25) is 0 Å². The van der Waals surface area contributed by atoms with E-state index >= 15 is 0 Å². The van der Waals surface area contributed by atoms with Gasteiger partial charge in [-0.1, -0.05) is 31.2 Å². The average molecular weight is 259 g/mol. The number of H-pyrrole nitrogens is 1. The third-order valence-electron chi connectivity index (χ3n) is 2.85. The van der Waals surface area contributed by atoms with Crippen molar-refractivity contribution < 1.29 is 9.53 Å². The van der Waals surface area contributed by atoms with E-state index in [9.17, 15) is 4.79 Å². The Balaban J connectivity index is 2.30. The zero-order valence-corrected chi connectivity index (χ0v) is 11.1. The van der Waals surface area contributed by atoms with Crippen LogP contribution in [0.3, 0.4) is 0 Å². The number of aromatic nitrogens is 2. The van der Waals surface area contributed by atoms with Gasteiger partial charge in [-0.2, -0.15) is 0 Å². The molecule has 1 aromatic heterocycles. The molecule has 0 spiro atoms. The fourth-order valence-electron chi connectivity index (χ4n) is 1.78. The number of hydrogen-bond acceptors (Lipinski definition) is 4. The summed E-state index contributed by atoms with van der Waals surface area (Å²) in [5, 5.41) is 0. The normalized spacial score (nSPS) is 10.4. The molecule has 0 saturated carbocycles. The van der Waals surface area contributed by atoms with Crippen molar-refractivity contribution in [1.82, 2.24) is 9.97 Å². The second-order valence-electron chi connectivity index (χ2n) is 4.12. The van der Waals surface area contributed by atoms with E-state index in [1.54, 1.807) is 6.92 Å². The Bertz CT molecular complexity index is 573. The van der Waals surface area contributed by atoms with Gasteiger partial charge in [-0.25, -0.2) is 9.78 Å². The molecule has 19 heavy (non-hydrogen) atoms. The number of aryl methyl sites for hydroxylation is 1. The minimum atomic E-state index is -0.482. The van der Waals surface area contributed by atoms with Crippen LogP contribution < -0.4 is 5.73 Å². The van der Waals surface area contributed by atoms with Gasteiger partial charge >= 0.3 is 5.97 Å². The number of nitrogen functional groups attached to an aromatic ring is 1. The molecule has 2 rings (SSSR count). The highest BCUT2D eigenvalue weighted by atomic mass is 16.5. The van der Waals surface area contributed by atoms with Gasteiger partial charge in [0.15, 0.2) is 11.5 Å². The number of benzene rings is 1. The third-order valence-corrected chi connectivity index (χ3v) is 2.85. The van der Waals surface area contributed by atoms with Crippen LogP contribution in [0.25, 0.3) is 11.4 Å². The molecule has 0 aliphatic rings. The summed E-state index contributed by atoms with van der Waals surface area (Å²) in [5.74, 6) is 0.250. The van der Waals surface area contributed by atoms with Crippen molar-refractivity contribution in [3.63, 3.8) is 0 Å². The number of rotatable bonds is 4. The highest BCUT2D eigenvalue weighted by Crippen LogP contribution is 2.20. The molecule has 5 heteroatoms. The average Bonchev–Trinajstić information content (AvgIpc) is 2.81. The van der Waals surface area contributed by atoms with Gasteiger partial charge < -0.3 is 15.5 Å². The van der Waals surface area contributed by atoms with E-state index in [1.165, 1.54) is 5.56 Å². The molecule has 3 N–H and O–H groups in total. The van der Waals surface area contributed by atoms with Crippen molar-refractivity contribution in [2.75, 3.05) is 12.3 Å². The molecule has 1 aromatic carbocycles. The van der Waals surface area contributed by atoms with Gasteiger partial charge in [0.05, 0.1) is 6.61 Å². The van der Waals surface area contributed by atoms with Crippen LogP contribution in [0, 0.1) is 0 Å². The number of carbonyl (C=O) groups is 1. The van der Waals surface area contributed by atoms with Gasteiger partial charge in [0.25, 0.3) is 0 Å². The summed E-state index contributed by atoms with van der Waals surface area (Å²) < 4.78 is 4.90. The maximum atomic E-state index is 11.6. The third kappa shape index (κ3) is 2.76. The zero-order valence-electron chi connectivity index (χ0n) is 11.1. The van der Waals surface area contributed by atoms with Crippen LogP contribution >= 0.6 is 0 Å². The number of nitrogens with one attached hydrogen (secondary N) is 1. The van der Waals surface area contributed by atoms with Gasteiger partial charge in [-0.15, -0.1) is 0 Å². The number of imidazole rings is 1. The predicted octanol–water partition coefficient (Wildman–Crippen LogP) is 2.40. The standard InChI is InChI=1S/C14H17N3O2/c1-3-9-5-7-10(8-6-9)13-16-11(12(15)17-13)14(18)19-4-2/h5-8H,3-4,15H2,1-2H3,(H,16,17). The lowest BCUT2D eigenvalue weighted by molar-refractivity contribution is 0.0521. The molecule has 1 heterocycles. The van der Waals surface area contributed by atoms with Crippen molar-refractivity contribution in [3.8, 4) is 11.4 Å². The maximum absolute atomic E-state index is 11.6. The number of nitrogens with zero attached hydrogens (tertiary/aromatic N) is 1. The van der Waals surface area contributed by atoms with E-state index in [0.717, 1.165) is 12.0 Å². The van der Waals surface area contributed by atoms with Gasteiger partial charge in [0, 0.05) is 5.56 Å². The maximum Gasteiger partial charge on any atom is 0.358 e. The van der Waals surface area contributed by atoms with Crippen LogP contribution in [0.5, 0.6) is 0 Å². The smallest absolute Gasteiger partial charge is 0.358 e. The first-order chi connectivity index (χ1) is 9.15. The fourth-order valence-corrected chi connectivity index (χ4v) is 1.78. The summed E-state index contributed by atoms with van der Waals surface area (Å²) in [7, 11) is 0. The zero-order chi connectivity index (χ0) is 13.8. The number of hydrogen-bond donors (Lipinski definition) is 2. The van der Waals surface area contributed by atoms with Crippen LogP contribution in [0.15, 0.2) is 24.3 Å². The van der Waals surface area contributed by atoms with E-state index in [0.29, 0.717) is 12.4 Å². The number of anilines is 1. The van der Waals surface area contributed by atoms with Crippen molar-refractivity contribution in [1.29, 1.82) is 0 Å². The minimum Gasteiger partial charge on any atom is -0.461 e. The second kappa shape index (κ2) is 5.56. The van der Waals surface area contributed by atoms with E-state index in [4.69, 9.17) is 10.5 Å². The molecule has 0 aliphatic heterocycles. The molecule has 0 saturated heterocycles. The second-order valence-corrected chi connectivity index (χ2v) is 4.12. The first-order valence-corrected chi connectivity index (χ1v) is 6.27. The van der Waals surface area contributed by atoms with Crippen LogP contribution in [0.2, 0.25) is 0 Å². The number of ether oxygens (including phenoxy) is 1. The van der Waals surface area contributed by atoms with Crippen LogP contribution in [0.4, 0.5) is 5.82 Å². The lowest BCUT2D eigenvalue weighted by Gasteiger charge is -2.00. The lowest BCUT2D eigenvalue weighted by Crippen LogP contribution is -2.07. The Labute approximate surface area is 111 Å². The quantitative estimate of drug-likeness (QED) is 0.826. The van der Waals surface area contributed by atoms with Crippen molar-refractivity contribution in [2.24, 2.45) is 0 Å². The van der Waals surface area contributed by atoms with Crippen LogP contribution in [0.1, 0.15) is 29.9 Å². The Morgan fingerprint density at radius 2 is 2.00 bits per heavy atom. The number of aromatic amines is 1. The Morgan fingerprint density at radius 3 is 2.58 bits per heavy atom. The first-order valence-electron chi connectivity index (χ1n) is 6.27. The minimum absolute atomic E-state index is 0.160. The van der Waals surface area contributed by atoms with Gasteiger partial charge in [-0.05, 0) is 18.9 Å². The fraction of sp³-hybridized carbons (Fsp3) is 0.286. The van der Waals surface area contributed by atoms with Crippen molar-refractivity contribution in [2.45, 2.75) is 20.3 Å². The summed E-state index contributed by atoms with van der Waals surface area (Å²) in [6, 6.07) is 7.95. The van der Waals surface area contributed by atoms with Crippen molar-refractivity contribution >= 4 is 11.8 Å². The molecule has 0 atom stereocenters. The number of esters is 1. The highest BCUT2D eigenvalue weighted by Gasteiger charge is 2.16. The van der Waals surface area contributed by atoms with E-state index in [1.807, 2.05) is 24.3 Å². The van der Waals surface area contributed by atoms with Gasteiger partial charge in [0.1, 0.15) is 5.82 Å². The summed E-state index contributed by atoms with van der Waals surface area (Å²) in [6.07, 6.45) is 0.981. The number of nitrogens with two attached hydrogens (primary N) is 1. The molecular weight excluding hydrogens is 242 g/mol.